The van der Waals surface area contributed by atoms with E-state index in [0.29, 0.717) is 12.3 Å². The maximum absolute atomic E-state index is 13.4. The van der Waals surface area contributed by atoms with Crippen molar-refractivity contribution in [3.8, 4) is 5.75 Å². The number of halogens is 2. The van der Waals surface area contributed by atoms with Crippen molar-refractivity contribution in [3.63, 3.8) is 0 Å². The first-order valence-electron chi connectivity index (χ1n) is 8.28. The lowest BCUT2D eigenvalue weighted by atomic mass is 10.0. The largest absolute Gasteiger partial charge is 0.484 e. The Morgan fingerprint density at radius 3 is 2.84 bits per heavy atom. The van der Waals surface area contributed by atoms with Gasteiger partial charge in [0.05, 0.1) is 0 Å². The topological polar surface area (TPSA) is 41.6 Å². The predicted molar refractivity (Wildman–Crippen MR) is 99.4 cm³/mol. The number of benzene rings is 2. The van der Waals surface area contributed by atoms with Gasteiger partial charge in [0, 0.05) is 29.3 Å². The SMILES string of the molecule is O=C(COc1ccc(Br)cc1)NC1CCCN(c2cccc(F)c2)C1. The highest BCUT2D eigenvalue weighted by molar-refractivity contribution is 9.10. The van der Waals surface area contributed by atoms with Gasteiger partial charge in [-0.25, -0.2) is 4.39 Å². The summed E-state index contributed by atoms with van der Waals surface area (Å²) in [5.74, 6) is 0.268. The van der Waals surface area contributed by atoms with Crippen LogP contribution in [0.2, 0.25) is 0 Å². The Labute approximate surface area is 155 Å². The molecule has 0 spiro atoms. The van der Waals surface area contributed by atoms with E-state index in [2.05, 4.69) is 26.1 Å². The van der Waals surface area contributed by atoms with Crippen LogP contribution in [0.25, 0.3) is 0 Å². The Hall–Kier alpha value is -2.08. The molecular weight excluding hydrogens is 387 g/mol. The number of nitrogens with one attached hydrogen (secondary N) is 1. The quantitative estimate of drug-likeness (QED) is 0.821. The van der Waals surface area contributed by atoms with Crippen LogP contribution in [-0.2, 0) is 4.79 Å². The molecule has 1 aliphatic heterocycles. The molecule has 1 amide bonds. The molecule has 0 aliphatic carbocycles. The number of ether oxygens (including phenoxy) is 1. The van der Waals surface area contributed by atoms with Gasteiger partial charge >= 0.3 is 0 Å². The maximum Gasteiger partial charge on any atom is 0.258 e. The highest BCUT2D eigenvalue weighted by Crippen LogP contribution is 2.21. The van der Waals surface area contributed by atoms with Gasteiger partial charge in [-0.15, -0.1) is 0 Å². The Balaban J connectivity index is 1.50. The Kier molecular flexibility index (Phi) is 5.91. The van der Waals surface area contributed by atoms with Gasteiger partial charge in [-0.2, -0.15) is 0 Å². The molecule has 1 atom stereocenters. The van der Waals surface area contributed by atoms with E-state index in [4.69, 9.17) is 4.74 Å². The number of carbonyl (C=O) groups excluding carboxylic acids is 1. The van der Waals surface area contributed by atoms with Crippen LogP contribution in [0.1, 0.15) is 12.8 Å². The minimum absolute atomic E-state index is 0.0158. The summed E-state index contributed by atoms with van der Waals surface area (Å²) in [5.41, 5.74) is 0.852. The van der Waals surface area contributed by atoms with Crippen molar-refractivity contribution in [1.29, 1.82) is 0 Å². The second-order valence-electron chi connectivity index (χ2n) is 6.08. The van der Waals surface area contributed by atoms with E-state index < -0.39 is 0 Å². The molecule has 132 valence electrons. The van der Waals surface area contributed by atoms with Gasteiger partial charge in [-0.1, -0.05) is 22.0 Å². The Bertz CT molecular complexity index is 724. The molecule has 1 N–H and O–H groups in total. The molecule has 1 heterocycles. The lowest BCUT2D eigenvalue weighted by Crippen LogP contribution is -2.49. The van der Waals surface area contributed by atoms with E-state index in [1.807, 2.05) is 30.3 Å². The van der Waals surface area contributed by atoms with Crippen molar-refractivity contribution < 1.29 is 13.9 Å². The molecule has 0 saturated carbocycles. The van der Waals surface area contributed by atoms with Crippen LogP contribution >= 0.6 is 15.9 Å². The smallest absolute Gasteiger partial charge is 0.258 e. The lowest BCUT2D eigenvalue weighted by molar-refractivity contribution is -0.123. The first-order valence-corrected chi connectivity index (χ1v) is 9.08. The van der Waals surface area contributed by atoms with Gasteiger partial charge in [-0.05, 0) is 55.3 Å². The maximum atomic E-state index is 13.4. The van der Waals surface area contributed by atoms with Gasteiger partial charge in [0.15, 0.2) is 6.61 Å². The minimum atomic E-state index is -0.244. The van der Waals surface area contributed by atoms with Crippen molar-refractivity contribution in [3.05, 3.63) is 58.8 Å². The van der Waals surface area contributed by atoms with Crippen LogP contribution in [0.5, 0.6) is 5.75 Å². The monoisotopic (exact) mass is 406 g/mol. The predicted octanol–water partition coefficient (Wildman–Crippen LogP) is 3.75. The van der Waals surface area contributed by atoms with Crippen LogP contribution in [0.15, 0.2) is 53.0 Å². The van der Waals surface area contributed by atoms with Crippen molar-refractivity contribution in [2.45, 2.75) is 18.9 Å². The molecule has 2 aromatic rings. The van der Waals surface area contributed by atoms with Crippen LogP contribution in [-0.4, -0.2) is 31.6 Å². The van der Waals surface area contributed by atoms with Crippen molar-refractivity contribution in [1.82, 2.24) is 5.32 Å². The number of piperidine rings is 1. The molecule has 1 fully saturated rings. The van der Waals surface area contributed by atoms with E-state index in [1.165, 1.54) is 12.1 Å². The van der Waals surface area contributed by atoms with E-state index in [0.717, 1.165) is 29.5 Å². The number of nitrogens with zero attached hydrogens (tertiary/aromatic N) is 1. The average molecular weight is 407 g/mol. The first kappa shape index (κ1) is 17.7. The highest BCUT2D eigenvalue weighted by atomic mass is 79.9. The molecule has 0 aromatic heterocycles. The third-order valence-corrected chi connectivity index (χ3v) is 4.67. The fourth-order valence-corrected chi connectivity index (χ4v) is 3.22. The summed E-state index contributed by atoms with van der Waals surface area (Å²) < 4.78 is 19.9. The minimum Gasteiger partial charge on any atom is -0.484 e. The van der Waals surface area contributed by atoms with E-state index in [1.54, 1.807) is 6.07 Å². The van der Waals surface area contributed by atoms with Gasteiger partial charge in [-0.3, -0.25) is 4.79 Å². The summed E-state index contributed by atoms with van der Waals surface area (Å²) in [6, 6.07) is 14.0. The summed E-state index contributed by atoms with van der Waals surface area (Å²) in [4.78, 5) is 14.2. The van der Waals surface area contributed by atoms with Crippen molar-refractivity contribution in [2.75, 3.05) is 24.6 Å². The van der Waals surface area contributed by atoms with E-state index >= 15 is 0 Å². The summed E-state index contributed by atoms with van der Waals surface area (Å²) in [5, 5.41) is 3.01. The van der Waals surface area contributed by atoms with Crippen molar-refractivity contribution >= 4 is 27.5 Å². The number of amides is 1. The summed E-state index contributed by atoms with van der Waals surface area (Å²) in [6.07, 6.45) is 1.87. The van der Waals surface area contributed by atoms with E-state index in [-0.39, 0.29) is 24.4 Å². The van der Waals surface area contributed by atoms with Gasteiger partial charge in [0.25, 0.3) is 5.91 Å². The molecule has 3 rings (SSSR count). The fourth-order valence-electron chi connectivity index (χ4n) is 2.95. The van der Waals surface area contributed by atoms with Gasteiger partial charge in [0.2, 0.25) is 0 Å². The molecule has 2 aromatic carbocycles. The standard InChI is InChI=1S/C19H20BrFN2O2/c20-14-6-8-18(9-7-14)25-13-19(24)22-16-4-2-10-23(12-16)17-5-1-3-15(21)11-17/h1,3,5-9,11,16H,2,4,10,12-13H2,(H,22,24). The molecule has 6 heteroatoms. The number of anilines is 1. The zero-order valence-corrected chi connectivity index (χ0v) is 15.3. The molecule has 1 saturated heterocycles. The number of rotatable bonds is 5. The summed E-state index contributed by atoms with van der Waals surface area (Å²) in [7, 11) is 0. The molecule has 4 nitrogen and oxygen atoms in total. The number of hydrogen-bond donors (Lipinski definition) is 1. The second-order valence-corrected chi connectivity index (χ2v) is 6.99. The highest BCUT2D eigenvalue weighted by Gasteiger charge is 2.22. The first-order chi connectivity index (χ1) is 12.1. The van der Waals surface area contributed by atoms with Crippen LogP contribution in [0.3, 0.4) is 0 Å². The molecule has 1 unspecified atom stereocenters. The number of hydrogen-bond acceptors (Lipinski definition) is 3. The van der Waals surface area contributed by atoms with Gasteiger partial charge in [0.1, 0.15) is 11.6 Å². The number of carbonyl (C=O) groups is 1. The molecule has 0 radical (unpaired) electrons. The average Bonchev–Trinajstić information content (AvgIpc) is 2.61. The zero-order valence-electron chi connectivity index (χ0n) is 13.8. The van der Waals surface area contributed by atoms with Gasteiger partial charge < -0.3 is 15.0 Å². The fraction of sp³-hybridized carbons (Fsp3) is 0.316. The Morgan fingerprint density at radius 2 is 2.08 bits per heavy atom. The molecule has 25 heavy (non-hydrogen) atoms. The third-order valence-electron chi connectivity index (χ3n) is 4.14. The molecule has 1 aliphatic rings. The molecular formula is C19H20BrFN2O2. The van der Waals surface area contributed by atoms with Crippen LogP contribution < -0.4 is 15.0 Å². The second kappa shape index (κ2) is 8.34. The normalized spacial score (nSPS) is 17.2. The lowest BCUT2D eigenvalue weighted by Gasteiger charge is -2.34. The van der Waals surface area contributed by atoms with Crippen LogP contribution in [0.4, 0.5) is 10.1 Å². The summed E-state index contributed by atoms with van der Waals surface area (Å²) in [6.45, 7) is 1.52. The Morgan fingerprint density at radius 1 is 1.28 bits per heavy atom. The summed E-state index contributed by atoms with van der Waals surface area (Å²) >= 11 is 3.36. The van der Waals surface area contributed by atoms with E-state index in [9.17, 15) is 9.18 Å². The van der Waals surface area contributed by atoms with Crippen LogP contribution in [0, 0.1) is 5.82 Å². The molecule has 0 bridgehead atoms. The zero-order chi connectivity index (χ0) is 17.6. The third kappa shape index (κ3) is 5.19. The van der Waals surface area contributed by atoms with Crippen molar-refractivity contribution in [2.24, 2.45) is 0 Å².